The monoisotopic (exact) mass is 668 g/mol. The van der Waals surface area contributed by atoms with Crippen LogP contribution >= 0.6 is 23.2 Å². The number of likely N-dealkylation sites (N-methyl/N-ethyl adjacent to an activating group) is 1. The van der Waals surface area contributed by atoms with Crippen molar-refractivity contribution < 1.29 is 34.4 Å². The van der Waals surface area contributed by atoms with Crippen molar-refractivity contribution in [2.24, 2.45) is 0 Å². The number of aliphatic hydroxyl groups is 3. The number of nitrogens with zero attached hydrogens (tertiary/aromatic N) is 3. The number of aliphatic hydroxyl groups excluding tert-OH is 3. The van der Waals surface area contributed by atoms with Crippen LogP contribution in [0.4, 0.5) is 0 Å². The first kappa shape index (κ1) is 31.3. The summed E-state index contributed by atoms with van der Waals surface area (Å²) < 4.78 is 13.3. The van der Waals surface area contributed by atoms with E-state index in [1.807, 2.05) is 19.9 Å². The lowest BCUT2D eigenvalue weighted by atomic mass is 9.96. The van der Waals surface area contributed by atoms with Gasteiger partial charge in [0.25, 0.3) is 11.8 Å². The minimum Gasteiger partial charge on any atom is -0.394 e. The minimum atomic E-state index is -1.53. The van der Waals surface area contributed by atoms with Gasteiger partial charge in [0.15, 0.2) is 6.23 Å². The molecule has 4 N–H and O–H groups in total. The van der Waals surface area contributed by atoms with Gasteiger partial charge in [0, 0.05) is 41.7 Å². The number of aromatic nitrogens is 2. The zero-order valence-electron chi connectivity index (χ0n) is 25.5. The molecule has 1 fully saturated rings. The number of ether oxygens (including phenoxy) is 2. The smallest absolute Gasteiger partial charge is 0.262 e. The molecule has 13 heteroatoms. The molecule has 0 spiro atoms. The fraction of sp³-hybridized carbons (Fsp3) is 0.394. The van der Waals surface area contributed by atoms with Gasteiger partial charge in [0.1, 0.15) is 24.4 Å². The number of para-hydroxylation sites is 2. The molecular formula is C33H34Cl2N4O7. The van der Waals surface area contributed by atoms with Crippen molar-refractivity contribution in [1.82, 2.24) is 19.4 Å². The number of rotatable bonds is 8. The molecule has 11 nitrogen and oxygen atoms in total. The number of halogens is 2. The van der Waals surface area contributed by atoms with Gasteiger partial charge >= 0.3 is 0 Å². The Balaban J connectivity index is 1.61. The molecule has 0 aliphatic carbocycles. The summed E-state index contributed by atoms with van der Waals surface area (Å²) in [6.07, 6.45) is -6.23. The second-order valence-corrected chi connectivity index (χ2v) is 12.5. The van der Waals surface area contributed by atoms with Crippen LogP contribution in [0.5, 0.6) is 0 Å². The summed E-state index contributed by atoms with van der Waals surface area (Å²) in [5.74, 6) is -0.845. The van der Waals surface area contributed by atoms with Crippen LogP contribution in [-0.4, -0.2) is 111 Å². The molecule has 46 heavy (non-hydrogen) atoms. The average Bonchev–Trinajstić information content (AvgIpc) is 3.68. The third kappa shape index (κ3) is 4.34. The number of H-pyrrole nitrogens is 1. The first-order chi connectivity index (χ1) is 22.2. The number of hydrogen-bond acceptors (Lipinski definition) is 8. The average molecular weight is 670 g/mol. The zero-order valence-corrected chi connectivity index (χ0v) is 27.0. The summed E-state index contributed by atoms with van der Waals surface area (Å²) in [7, 11) is 1.36. The number of carbonyl (C=O) groups is 2. The van der Waals surface area contributed by atoms with Crippen molar-refractivity contribution in [3.8, 4) is 0 Å². The highest BCUT2D eigenvalue weighted by molar-refractivity contribution is 6.43. The number of benzene rings is 3. The summed E-state index contributed by atoms with van der Waals surface area (Å²) in [6.45, 7) is 5.83. The van der Waals surface area contributed by atoms with E-state index in [1.54, 1.807) is 34.9 Å². The normalized spacial score (nSPS) is 23.7. The van der Waals surface area contributed by atoms with E-state index in [9.17, 15) is 24.9 Å². The molecule has 0 radical (unpaired) electrons. The van der Waals surface area contributed by atoms with Gasteiger partial charge in [-0.15, -0.1) is 0 Å². The zero-order chi connectivity index (χ0) is 32.6. The maximum atomic E-state index is 14.4. The summed E-state index contributed by atoms with van der Waals surface area (Å²) >= 11 is 13.6. The molecule has 7 rings (SSSR count). The van der Waals surface area contributed by atoms with Gasteiger partial charge in [0.05, 0.1) is 49.8 Å². The largest absolute Gasteiger partial charge is 0.394 e. The molecule has 5 atom stereocenters. The number of aromatic amines is 1. The number of amides is 2. The molecule has 2 amide bonds. The molecule has 2 aliphatic heterocycles. The predicted molar refractivity (Wildman–Crippen MR) is 176 cm³/mol. The van der Waals surface area contributed by atoms with Crippen LogP contribution in [0.25, 0.3) is 43.6 Å². The summed E-state index contributed by atoms with van der Waals surface area (Å²) in [5, 5.41) is 35.7. The highest BCUT2D eigenvalue weighted by atomic mass is 35.5. The first-order valence-electron chi connectivity index (χ1n) is 15.3. The highest BCUT2D eigenvalue weighted by Gasteiger charge is 2.48. The van der Waals surface area contributed by atoms with E-state index in [1.165, 1.54) is 12.0 Å². The maximum absolute atomic E-state index is 14.4. The van der Waals surface area contributed by atoms with E-state index in [2.05, 4.69) is 9.88 Å². The Morgan fingerprint density at radius 1 is 0.913 bits per heavy atom. The van der Waals surface area contributed by atoms with Crippen molar-refractivity contribution >= 4 is 78.6 Å². The molecule has 0 unspecified atom stereocenters. The lowest BCUT2D eigenvalue weighted by Crippen LogP contribution is -2.57. The lowest BCUT2D eigenvalue weighted by Gasteiger charge is -2.42. The van der Waals surface area contributed by atoms with Crippen molar-refractivity contribution in [2.45, 2.75) is 44.5 Å². The van der Waals surface area contributed by atoms with Crippen LogP contribution in [0.2, 0.25) is 10.0 Å². The molecular weight excluding hydrogens is 635 g/mol. The minimum absolute atomic E-state index is 0.201. The topological polar surface area (TPSA) is 140 Å². The maximum Gasteiger partial charge on any atom is 0.262 e. The molecule has 3 aromatic carbocycles. The summed E-state index contributed by atoms with van der Waals surface area (Å²) in [6, 6.07) is 10.6. The van der Waals surface area contributed by atoms with Crippen molar-refractivity contribution in [3.63, 3.8) is 0 Å². The van der Waals surface area contributed by atoms with E-state index < -0.39 is 49.1 Å². The number of fused-ring (bicyclic) bond motifs is 10. The van der Waals surface area contributed by atoms with Gasteiger partial charge in [-0.3, -0.25) is 14.5 Å². The van der Waals surface area contributed by atoms with Crippen LogP contribution in [0, 0.1) is 0 Å². The number of carbonyl (C=O) groups excluding carboxylic acids is 2. The third-order valence-corrected chi connectivity index (χ3v) is 10.2. The van der Waals surface area contributed by atoms with Gasteiger partial charge in [-0.2, -0.15) is 0 Å². The Labute approximate surface area is 273 Å². The highest BCUT2D eigenvalue weighted by Crippen LogP contribution is 2.49. The number of imide groups is 1. The van der Waals surface area contributed by atoms with E-state index in [-0.39, 0.29) is 17.7 Å². The molecule has 2 aromatic heterocycles. The molecule has 4 heterocycles. The second-order valence-electron chi connectivity index (χ2n) is 11.7. The number of hydrogen-bond donors (Lipinski definition) is 4. The number of nitrogens with one attached hydrogen (secondary N) is 1. The quantitative estimate of drug-likeness (QED) is 0.180. The van der Waals surface area contributed by atoms with E-state index in [4.69, 9.17) is 32.7 Å². The molecule has 242 valence electrons. The molecule has 5 aromatic rings. The fourth-order valence-corrected chi connectivity index (χ4v) is 7.78. The Morgan fingerprint density at radius 3 is 2.22 bits per heavy atom. The van der Waals surface area contributed by atoms with E-state index >= 15 is 0 Å². The van der Waals surface area contributed by atoms with Crippen molar-refractivity contribution in [2.75, 3.05) is 39.9 Å². The fourth-order valence-electron chi connectivity index (χ4n) is 7.29. The summed E-state index contributed by atoms with van der Waals surface area (Å²) in [4.78, 5) is 35.6. The molecule has 1 saturated heterocycles. The Bertz CT molecular complexity index is 2040. The van der Waals surface area contributed by atoms with Gasteiger partial charge in [0.2, 0.25) is 0 Å². The van der Waals surface area contributed by atoms with E-state index in [0.717, 1.165) is 13.1 Å². The Hall–Kier alpha value is -3.26. The van der Waals surface area contributed by atoms with Crippen LogP contribution in [0.3, 0.4) is 0 Å². The lowest BCUT2D eigenvalue weighted by molar-refractivity contribution is -0.255. The standard InChI is InChI=1S/C33H34Cl2N4O7/c1-4-37(5-2)12-13-38-31(43)22-20-15-8-6-10-17(34)24(15)36-25(20)27-21(23(22)32(38)44)16-9-7-11-18(35)26(16)39(27)33-29(42)28(41)30(45-3)19(14-40)46-33/h6-11,19,28-30,33,36,40-42H,4-5,12-14H2,1-3H3/t19-,28-,29+,30+,33-/m0/s1. The van der Waals surface area contributed by atoms with Crippen LogP contribution in [-0.2, 0) is 9.47 Å². The summed E-state index contributed by atoms with van der Waals surface area (Å²) in [5.41, 5.74) is 2.38. The molecule has 0 bridgehead atoms. The third-order valence-electron chi connectivity index (χ3n) is 9.56. The van der Waals surface area contributed by atoms with Gasteiger partial charge < -0.3 is 39.2 Å². The predicted octanol–water partition coefficient (Wildman–Crippen LogP) is 4.30. The Morgan fingerprint density at radius 2 is 1.57 bits per heavy atom. The number of methoxy groups -OCH3 is 1. The van der Waals surface area contributed by atoms with Crippen molar-refractivity contribution in [1.29, 1.82) is 0 Å². The van der Waals surface area contributed by atoms with Crippen LogP contribution in [0.1, 0.15) is 40.8 Å². The molecule has 0 saturated carbocycles. The van der Waals surface area contributed by atoms with E-state index in [0.29, 0.717) is 60.2 Å². The Kier molecular flexibility index (Phi) is 8.02. The SMILES string of the molecule is CCN(CC)CCN1C(=O)c2c(c3c4cccc(Cl)c4n([C@H]4O[C@@H](CO)[C@@H](OC)[C@@H](O)[C@H]4O)c3c3[nH]c4c(Cl)cccc4c23)C1=O. The van der Waals surface area contributed by atoms with Gasteiger partial charge in [-0.1, -0.05) is 61.3 Å². The van der Waals surface area contributed by atoms with Crippen molar-refractivity contribution in [3.05, 3.63) is 57.6 Å². The van der Waals surface area contributed by atoms with Crippen LogP contribution < -0.4 is 0 Å². The molecule has 2 aliphatic rings. The van der Waals surface area contributed by atoms with Gasteiger partial charge in [-0.25, -0.2) is 0 Å². The first-order valence-corrected chi connectivity index (χ1v) is 16.1. The van der Waals surface area contributed by atoms with Crippen LogP contribution in [0.15, 0.2) is 36.4 Å². The van der Waals surface area contributed by atoms with Gasteiger partial charge in [-0.05, 0) is 25.2 Å². The second kappa shape index (κ2) is 11.8.